The molecule has 2 amide bonds. The number of benzene rings is 2. The number of hydrogen-bond acceptors (Lipinski definition) is 2. The molecule has 0 aromatic heterocycles. The van der Waals surface area contributed by atoms with Crippen LogP contribution in [-0.4, -0.2) is 18.4 Å². The van der Waals surface area contributed by atoms with Gasteiger partial charge in [-0.3, -0.25) is 9.59 Å². The number of amides is 2. The Balaban J connectivity index is 2.05. The van der Waals surface area contributed by atoms with Crippen LogP contribution in [0.15, 0.2) is 54.6 Å². The van der Waals surface area contributed by atoms with Crippen molar-refractivity contribution >= 4 is 23.2 Å². The number of nitrogens with one attached hydrogen (secondary N) is 1. The largest absolute Gasteiger partial charge is 0.326 e. The van der Waals surface area contributed by atoms with Crippen molar-refractivity contribution in [3.63, 3.8) is 0 Å². The van der Waals surface area contributed by atoms with Crippen molar-refractivity contribution in [2.75, 3.05) is 16.8 Å². The van der Waals surface area contributed by atoms with Crippen LogP contribution in [0.4, 0.5) is 11.4 Å². The molecule has 0 fully saturated rings. The highest BCUT2D eigenvalue weighted by atomic mass is 16.2. The number of nitrogens with zero attached hydrogens (tertiary/aromatic N) is 1. The molecule has 25 heavy (non-hydrogen) atoms. The van der Waals surface area contributed by atoms with Crippen LogP contribution in [-0.2, 0) is 15.0 Å². The lowest BCUT2D eigenvalue weighted by atomic mass is 9.86. The molecule has 0 aliphatic rings. The molecule has 0 spiro atoms. The quantitative estimate of drug-likeness (QED) is 0.880. The van der Waals surface area contributed by atoms with Crippen LogP contribution in [0.3, 0.4) is 0 Å². The van der Waals surface area contributed by atoms with E-state index in [0.29, 0.717) is 6.54 Å². The molecule has 0 aliphatic carbocycles. The minimum Gasteiger partial charge on any atom is -0.326 e. The summed E-state index contributed by atoms with van der Waals surface area (Å²) in [4.78, 5) is 25.9. The fraction of sp³-hybridized carbons (Fsp3) is 0.333. The van der Waals surface area contributed by atoms with E-state index in [1.807, 2.05) is 54.6 Å². The molecule has 0 saturated carbocycles. The van der Waals surface area contributed by atoms with Crippen molar-refractivity contribution in [2.45, 2.75) is 39.5 Å². The van der Waals surface area contributed by atoms with Crippen LogP contribution in [0.2, 0.25) is 0 Å². The van der Waals surface area contributed by atoms with Gasteiger partial charge in [0, 0.05) is 31.3 Å². The molecule has 0 heterocycles. The Bertz CT molecular complexity index is 733. The molecule has 2 aromatic carbocycles. The molecule has 0 bridgehead atoms. The van der Waals surface area contributed by atoms with Gasteiger partial charge in [-0.2, -0.15) is 0 Å². The van der Waals surface area contributed by atoms with Gasteiger partial charge in [-0.25, -0.2) is 0 Å². The predicted molar refractivity (Wildman–Crippen MR) is 103 cm³/mol. The van der Waals surface area contributed by atoms with Crippen LogP contribution in [0.5, 0.6) is 0 Å². The molecule has 0 radical (unpaired) electrons. The number of rotatable bonds is 5. The molecule has 0 atom stereocenters. The van der Waals surface area contributed by atoms with Crippen molar-refractivity contribution in [1.29, 1.82) is 0 Å². The number of carbonyl (C=O) groups excluding carboxylic acids is 2. The van der Waals surface area contributed by atoms with Crippen LogP contribution in [0.25, 0.3) is 0 Å². The molecule has 4 nitrogen and oxygen atoms in total. The third-order valence-corrected chi connectivity index (χ3v) is 4.02. The molecule has 1 N–H and O–H groups in total. The monoisotopic (exact) mass is 338 g/mol. The van der Waals surface area contributed by atoms with Gasteiger partial charge in [0.05, 0.1) is 0 Å². The normalized spacial score (nSPS) is 11.0. The summed E-state index contributed by atoms with van der Waals surface area (Å²) in [7, 11) is 0. The second kappa shape index (κ2) is 7.97. The summed E-state index contributed by atoms with van der Waals surface area (Å²) in [6.07, 6.45) is 0.243. The maximum absolute atomic E-state index is 12.4. The lowest BCUT2D eigenvalue weighted by Gasteiger charge is -2.24. The average molecular weight is 338 g/mol. The van der Waals surface area contributed by atoms with E-state index < -0.39 is 0 Å². The van der Waals surface area contributed by atoms with E-state index in [9.17, 15) is 9.59 Å². The summed E-state index contributed by atoms with van der Waals surface area (Å²) in [5, 5.41) is 2.99. The third kappa shape index (κ3) is 5.18. The number of para-hydroxylation sites is 2. The lowest BCUT2D eigenvalue weighted by molar-refractivity contribution is -0.117. The van der Waals surface area contributed by atoms with Crippen molar-refractivity contribution in [2.24, 2.45) is 0 Å². The van der Waals surface area contributed by atoms with Gasteiger partial charge in [0.25, 0.3) is 0 Å². The highest BCUT2D eigenvalue weighted by molar-refractivity contribution is 5.95. The Morgan fingerprint density at radius 2 is 1.56 bits per heavy atom. The molecule has 0 saturated heterocycles. The fourth-order valence-electron chi connectivity index (χ4n) is 2.75. The Kier molecular flexibility index (Phi) is 5.97. The molecule has 2 rings (SSSR count). The third-order valence-electron chi connectivity index (χ3n) is 4.02. The fourth-order valence-corrected chi connectivity index (χ4v) is 2.75. The van der Waals surface area contributed by atoms with Crippen LogP contribution >= 0.6 is 0 Å². The standard InChI is InChI=1S/C21H26N2O2/c1-16(24)23(17-10-6-5-7-11-17)15-14-20(25)22-19-13-9-8-12-18(19)21(2,3)4/h5-13H,14-15H2,1-4H3,(H,22,25). The Hall–Kier alpha value is -2.62. The molecule has 4 heteroatoms. The molecule has 0 aliphatic heterocycles. The van der Waals surface area contributed by atoms with Crippen molar-refractivity contribution in [3.05, 3.63) is 60.2 Å². The van der Waals surface area contributed by atoms with Crippen molar-refractivity contribution in [3.8, 4) is 0 Å². The minimum absolute atomic E-state index is 0.0562. The first kappa shape index (κ1) is 18.7. The van der Waals surface area contributed by atoms with Gasteiger partial charge >= 0.3 is 0 Å². The summed E-state index contributed by atoms with van der Waals surface area (Å²) in [6, 6.07) is 17.2. The van der Waals surface area contributed by atoms with E-state index in [4.69, 9.17) is 0 Å². The first-order valence-corrected chi connectivity index (χ1v) is 8.51. The number of hydrogen-bond donors (Lipinski definition) is 1. The van der Waals surface area contributed by atoms with Gasteiger partial charge < -0.3 is 10.2 Å². The van der Waals surface area contributed by atoms with Crippen LogP contribution < -0.4 is 10.2 Å². The molecule has 2 aromatic rings. The Labute approximate surface area is 149 Å². The molecule has 132 valence electrons. The second-order valence-corrected chi connectivity index (χ2v) is 7.10. The summed E-state index contributed by atoms with van der Waals surface area (Å²) >= 11 is 0. The second-order valence-electron chi connectivity index (χ2n) is 7.10. The summed E-state index contributed by atoms with van der Waals surface area (Å²) < 4.78 is 0. The molecular weight excluding hydrogens is 312 g/mol. The first-order chi connectivity index (χ1) is 11.8. The van der Waals surface area contributed by atoms with Crippen LogP contribution in [0.1, 0.15) is 39.7 Å². The van der Waals surface area contributed by atoms with Gasteiger partial charge in [-0.05, 0) is 29.2 Å². The Morgan fingerprint density at radius 1 is 0.960 bits per heavy atom. The van der Waals surface area contributed by atoms with Gasteiger partial charge in [0.2, 0.25) is 11.8 Å². The van der Waals surface area contributed by atoms with E-state index in [1.54, 1.807) is 4.90 Å². The van der Waals surface area contributed by atoms with Crippen molar-refractivity contribution in [1.82, 2.24) is 0 Å². The van der Waals surface area contributed by atoms with Gasteiger partial charge in [0.1, 0.15) is 0 Å². The van der Waals surface area contributed by atoms with Gasteiger partial charge in [-0.1, -0.05) is 57.2 Å². The van der Waals surface area contributed by atoms with Gasteiger partial charge in [0.15, 0.2) is 0 Å². The average Bonchev–Trinajstić information content (AvgIpc) is 2.55. The summed E-state index contributed by atoms with van der Waals surface area (Å²) in [5.74, 6) is -0.173. The van der Waals surface area contributed by atoms with E-state index in [-0.39, 0.29) is 23.7 Å². The maximum atomic E-state index is 12.4. The zero-order chi connectivity index (χ0) is 18.4. The summed E-state index contributed by atoms with van der Waals surface area (Å²) in [6.45, 7) is 8.21. The smallest absolute Gasteiger partial charge is 0.226 e. The van der Waals surface area contributed by atoms with E-state index in [1.165, 1.54) is 6.92 Å². The van der Waals surface area contributed by atoms with Crippen LogP contribution in [0, 0.1) is 0 Å². The zero-order valence-corrected chi connectivity index (χ0v) is 15.4. The van der Waals surface area contributed by atoms with E-state index in [2.05, 4.69) is 26.1 Å². The topological polar surface area (TPSA) is 49.4 Å². The highest BCUT2D eigenvalue weighted by Crippen LogP contribution is 2.29. The lowest BCUT2D eigenvalue weighted by Crippen LogP contribution is -2.32. The van der Waals surface area contributed by atoms with Crippen molar-refractivity contribution < 1.29 is 9.59 Å². The Morgan fingerprint density at radius 3 is 2.16 bits per heavy atom. The zero-order valence-electron chi connectivity index (χ0n) is 15.4. The molecule has 0 unspecified atom stereocenters. The highest BCUT2D eigenvalue weighted by Gasteiger charge is 2.19. The predicted octanol–water partition coefficient (Wildman–Crippen LogP) is 4.37. The maximum Gasteiger partial charge on any atom is 0.226 e. The number of carbonyl (C=O) groups is 2. The molecular formula is C21H26N2O2. The number of anilines is 2. The summed E-state index contributed by atoms with van der Waals surface area (Å²) in [5.41, 5.74) is 2.67. The van der Waals surface area contributed by atoms with E-state index in [0.717, 1.165) is 16.9 Å². The minimum atomic E-state index is -0.0983. The van der Waals surface area contributed by atoms with E-state index >= 15 is 0 Å². The first-order valence-electron chi connectivity index (χ1n) is 8.51. The SMILES string of the molecule is CC(=O)N(CCC(=O)Nc1ccccc1C(C)(C)C)c1ccccc1. The van der Waals surface area contributed by atoms with Gasteiger partial charge in [-0.15, -0.1) is 0 Å².